The Labute approximate surface area is 201 Å². The fourth-order valence-electron chi connectivity index (χ4n) is 3.39. The van der Waals surface area contributed by atoms with Gasteiger partial charge < -0.3 is 19.9 Å². The van der Waals surface area contributed by atoms with E-state index in [2.05, 4.69) is 15.2 Å². The molecule has 1 unspecified atom stereocenters. The highest BCUT2D eigenvalue weighted by atomic mass is 127. The lowest BCUT2D eigenvalue weighted by molar-refractivity contribution is 0.0137. The Morgan fingerprint density at radius 3 is 2.45 bits per heavy atom. The molecular weight excluding hydrogens is 533 g/mol. The minimum absolute atomic E-state index is 0. The van der Waals surface area contributed by atoms with Crippen molar-refractivity contribution in [1.82, 2.24) is 19.4 Å². The van der Waals surface area contributed by atoms with Gasteiger partial charge in [-0.2, -0.15) is 0 Å². The van der Waals surface area contributed by atoms with E-state index < -0.39 is 15.6 Å². The maximum absolute atomic E-state index is 12.3. The molecular formula is C20H32IN5O4S. The van der Waals surface area contributed by atoms with Crippen LogP contribution in [0.4, 0.5) is 4.79 Å². The van der Waals surface area contributed by atoms with Crippen LogP contribution in [-0.2, 0) is 21.3 Å². The summed E-state index contributed by atoms with van der Waals surface area (Å²) in [6.45, 7) is 8.63. The number of rotatable bonds is 4. The summed E-state index contributed by atoms with van der Waals surface area (Å²) >= 11 is 0. The monoisotopic (exact) mass is 565 g/mol. The van der Waals surface area contributed by atoms with Crippen LogP contribution in [0.1, 0.15) is 26.3 Å². The Morgan fingerprint density at radius 1 is 1.23 bits per heavy atom. The summed E-state index contributed by atoms with van der Waals surface area (Å²) in [6.07, 6.45) is -0.281. The number of halogens is 1. The summed E-state index contributed by atoms with van der Waals surface area (Å²) in [5.41, 5.74) is 0.459. The Hall–Kier alpha value is -1.60. The van der Waals surface area contributed by atoms with Crippen LogP contribution in [0.2, 0.25) is 0 Å². The fourth-order valence-corrected chi connectivity index (χ4v) is 4.30. The standard InChI is InChI=1S/C20H31N5O4S.HI/c1-20(2,3)29-19(26)24-10-11-25-16(14-24)13-22-18(25)21-12-15-6-8-17(9-7-15)30(27,28)23(4)5;/h6-9,16H,10-14H2,1-5H3,(H,21,22);1H. The van der Waals surface area contributed by atoms with Crippen LogP contribution in [0.3, 0.4) is 0 Å². The molecule has 9 nitrogen and oxygen atoms in total. The maximum atomic E-state index is 12.3. The average Bonchev–Trinajstić information content (AvgIpc) is 3.07. The van der Waals surface area contributed by atoms with Crippen LogP contribution in [0, 0.1) is 0 Å². The molecule has 0 radical (unpaired) electrons. The van der Waals surface area contributed by atoms with Crippen molar-refractivity contribution >= 4 is 46.1 Å². The molecule has 1 aromatic rings. The largest absolute Gasteiger partial charge is 0.444 e. The second-order valence-electron chi connectivity index (χ2n) is 8.72. The number of fused-ring (bicyclic) bond motifs is 1. The van der Waals surface area contributed by atoms with Crippen molar-refractivity contribution in [2.24, 2.45) is 4.99 Å². The third kappa shape index (κ3) is 6.22. The van der Waals surface area contributed by atoms with Crippen LogP contribution in [0.5, 0.6) is 0 Å². The second kappa shape index (κ2) is 9.90. The summed E-state index contributed by atoms with van der Waals surface area (Å²) in [5.74, 6) is 0.814. The van der Waals surface area contributed by atoms with Crippen molar-refractivity contribution in [3.8, 4) is 0 Å². The quantitative estimate of drug-likeness (QED) is 0.561. The van der Waals surface area contributed by atoms with E-state index in [-0.39, 0.29) is 41.0 Å². The van der Waals surface area contributed by atoms with Crippen LogP contribution in [-0.4, -0.2) is 86.5 Å². The second-order valence-corrected chi connectivity index (χ2v) is 10.9. The maximum Gasteiger partial charge on any atom is 0.410 e. The predicted octanol–water partition coefficient (Wildman–Crippen LogP) is 1.94. The molecule has 1 atom stereocenters. The van der Waals surface area contributed by atoms with E-state index in [1.165, 1.54) is 18.4 Å². The molecule has 2 aliphatic heterocycles. The summed E-state index contributed by atoms with van der Waals surface area (Å²) in [4.78, 5) is 21.1. The van der Waals surface area contributed by atoms with E-state index in [0.717, 1.165) is 11.5 Å². The lowest BCUT2D eigenvalue weighted by Crippen LogP contribution is -2.57. The van der Waals surface area contributed by atoms with Gasteiger partial charge in [-0.3, -0.25) is 4.99 Å². The first-order valence-corrected chi connectivity index (χ1v) is 11.5. The van der Waals surface area contributed by atoms with Gasteiger partial charge in [-0.15, -0.1) is 24.0 Å². The average molecular weight is 565 g/mol. The number of aliphatic imine (C=N–C) groups is 1. The van der Waals surface area contributed by atoms with Crippen molar-refractivity contribution in [2.45, 2.75) is 43.9 Å². The molecule has 3 rings (SSSR count). The highest BCUT2D eigenvalue weighted by molar-refractivity contribution is 14.0. The van der Waals surface area contributed by atoms with Gasteiger partial charge in [-0.1, -0.05) is 12.1 Å². The number of nitrogens with one attached hydrogen (secondary N) is 1. The first-order chi connectivity index (χ1) is 14.0. The summed E-state index contributed by atoms with van der Waals surface area (Å²) in [5, 5.41) is 3.34. The fraction of sp³-hybridized carbons (Fsp3) is 0.600. The van der Waals surface area contributed by atoms with Crippen molar-refractivity contribution in [3.63, 3.8) is 0 Å². The molecule has 0 aliphatic carbocycles. The summed E-state index contributed by atoms with van der Waals surface area (Å²) < 4.78 is 31.0. The van der Waals surface area contributed by atoms with E-state index in [1.807, 2.05) is 20.8 Å². The zero-order valence-corrected chi connectivity index (χ0v) is 21.8. The number of benzene rings is 1. The van der Waals surface area contributed by atoms with E-state index in [0.29, 0.717) is 32.7 Å². The summed E-state index contributed by atoms with van der Waals surface area (Å²) in [6, 6.07) is 6.98. The van der Waals surface area contributed by atoms with Gasteiger partial charge in [0.25, 0.3) is 0 Å². The number of amides is 1. The van der Waals surface area contributed by atoms with E-state index in [1.54, 1.807) is 29.2 Å². The number of hydrogen-bond acceptors (Lipinski definition) is 7. The van der Waals surface area contributed by atoms with E-state index in [9.17, 15) is 13.2 Å². The molecule has 31 heavy (non-hydrogen) atoms. The Kier molecular flexibility index (Phi) is 8.20. The van der Waals surface area contributed by atoms with Crippen LogP contribution < -0.4 is 5.32 Å². The van der Waals surface area contributed by atoms with Crippen molar-refractivity contribution in [2.75, 3.05) is 40.3 Å². The third-order valence-corrected chi connectivity index (χ3v) is 6.84. The van der Waals surface area contributed by atoms with E-state index >= 15 is 0 Å². The molecule has 174 valence electrons. The Bertz CT molecular complexity index is 912. The van der Waals surface area contributed by atoms with Gasteiger partial charge >= 0.3 is 6.09 Å². The Morgan fingerprint density at radius 2 is 1.87 bits per heavy atom. The molecule has 1 saturated heterocycles. The van der Waals surface area contributed by atoms with Crippen molar-refractivity contribution < 1.29 is 17.9 Å². The smallest absolute Gasteiger partial charge is 0.410 e. The number of nitrogens with zero attached hydrogens (tertiary/aromatic N) is 4. The number of ether oxygens (including phenoxy) is 1. The van der Waals surface area contributed by atoms with Gasteiger partial charge in [-0.25, -0.2) is 17.5 Å². The minimum Gasteiger partial charge on any atom is -0.444 e. The molecule has 1 fully saturated rings. The molecule has 1 N–H and O–H groups in total. The SMILES string of the molecule is CN(C)S(=O)(=O)c1ccc(CNC2=NCC3CN(C(=O)OC(C)(C)C)CCN23)cc1.I. The number of piperazine rings is 1. The van der Waals surface area contributed by atoms with Crippen molar-refractivity contribution in [3.05, 3.63) is 29.8 Å². The third-order valence-electron chi connectivity index (χ3n) is 5.01. The predicted molar refractivity (Wildman–Crippen MR) is 130 cm³/mol. The lowest BCUT2D eigenvalue weighted by Gasteiger charge is -2.39. The molecule has 0 saturated carbocycles. The number of carbonyl (C=O) groups is 1. The van der Waals surface area contributed by atoms with Gasteiger partial charge in [0.2, 0.25) is 10.0 Å². The minimum atomic E-state index is -3.43. The molecule has 2 heterocycles. The highest BCUT2D eigenvalue weighted by Gasteiger charge is 2.36. The Balaban J connectivity index is 0.00000341. The molecule has 1 amide bonds. The van der Waals surface area contributed by atoms with Gasteiger partial charge in [0, 0.05) is 40.3 Å². The number of carbonyl (C=O) groups excluding carboxylic acids is 1. The first kappa shape index (κ1) is 25.7. The van der Waals surface area contributed by atoms with Crippen LogP contribution in [0.25, 0.3) is 0 Å². The van der Waals surface area contributed by atoms with Gasteiger partial charge in [0.15, 0.2) is 5.96 Å². The molecule has 11 heteroatoms. The number of sulfonamides is 1. The van der Waals surface area contributed by atoms with Gasteiger partial charge in [-0.05, 0) is 38.5 Å². The molecule has 0 bridgehead atoms. The zero-order valence-electron chi connectivity index (χ0n) is 18.7. The zero-order chi connectivity index (χ0) is 22.1. The number of guanidine groups is 1. The van der Waals surface area contributed by atoms with Crippen LogP contribution in [0.15, 0.2) is 34.2 Å². The molecule has 0 spiro atoms. The normalized spacial score (nSPS) is 18.9. The first-order valence-electron chi connectivity index (χ1n) is 10.0. The molecule has 0 aromatic heterocycles. The highest BCUT2D eigenvalue weighted by Crippen LogP contribution is 2.19. The van der Waals surface area contributed by atoms with Gasteiger partial charge in [0.05, 0.1) is 17.5 Å². The van der Waals surface area contributed by atoms with Crippen molar-refractivity contribution in [1.29, 1.82) is 0 Å². The lowest BCUT2D eigenvalue weighted by atomic mass is 10.2. The van der Waals surface area contributed by atoms with E-state index in [4.69, 9.17) is 4.74 Å². The number of hydrogen-bond donors (Lipinski definition) is 1. The molecule has 2 aliphatic rings. The summed E-state index contributed by atoms with van der Waals surface area (Å²) in [7, 11) is -0.394. The van der Waals surface area contributed by atoms with Crippen LogP contribution >= 0.6 is 24.0 Å². The molecule has 1 aromatic carbocycles. The van der Waals surface area contributed by atoms with Gasteiger partial charge in [0.1, 0.15) is 5.60 Å². The topological polar surface area (TPSA) is 94.6 Å².